The summed E-state index contributed by atoms with van der Waals surface area (Å²) >= 11 is 0. The number of allylic oxidation sites excluding steroid dienone is 3. The number of phenols is 2. The Kier molecular flexibility index (Phi) is 5.36. The number of aliphatic hydroxyl groups excluding tert-OH is 1. The van der Waals surface area contributed by atoms with Gasteiger partial charge in [-0.3, -0.25) is 4.79 Å². The van der Waals surface area contributed by atoms with E-state index < -0.39 is 0 Å². The molecule has 0 saturated heterocycles. The third-order valence-corrected chi connectivity index (χ3v) is 2.92. The van der Waals surface area contributed by atoms with Crippen molar-refractivity contribution in [2.45, 2.75) is 0 Å². The molecule has 2 aromatic carbocycles. The fraction of sp³-hybridized carbons (Fsp3) is 0. The SMILES string of the molecule is O=C(/C=C(O)/C=C/c1cccc(O)c1)/C=C/c1cccc(O)c1. The van der Waals surface area contributed by atoms with E-state index in [0.29, 0.717) is 11.1 Å². The second-order valence-electron chi connectivity index (χ2n) is 4.83. The summed E-state index contributed by atoms with van der Waals surface area (Å²) in [6, 6.07) is 13.0. The maximum absolute atomic E-state index is 11.7. The second kappa shape index (κ2) is 7.66. The van der Waals surface area contributed by atoms with Crippen LogP contribution < -0.4 is 0 Å². The first-order chi connectivity index (χ1) is 11.0. The van der Waals surface area contributed by atoms with E-state index in [-0.39, 0.29) is 23.0 Å². The Morgan fingerprint density at radius 3 is 1.87 bits per heavy atom. The molecule has 4 heteroatoms. The highest BCUT2D eigenvalue weighted by molar-refractivity contribution is 6.02. The Balaban J connectivity index is 2.01. The van der Waals surface area contributed by atoms with Crippen molar-refractivity contribution in [3.8, 4) is 11.5 Å². The highest BCUT2D eigenvalue weighted by Gasteiger charge is 1.96. The van der Waals surface area contributed by atoms with E-state index in [2.05, 4.69) is 0 Å². The summed E-state index contributed by atoms with van der Waals surface area (Å²) < 4.78 is 0. The van der Waals surface area contributed by atoms with Gasteiger partial charge in [0, 0.05) is 6.08 Å². The normalized spacial score (nSPS) is 12.1. The van der Waals surface area contributed by atoms with Crippen LogP contribution in [-0.4, -0.2) is 21.1 Å². The quantitative estimate of drug-likeness (QED) is 0.445. The fourth-order valence-corrected chi connectivity index (χ4v) is 1.86. The van der Waals surface area contributed by atoms with Gasteiger partial charge in [0.15, 0.2) is 5.78 Å². The van der Waals surface area contributed by atoms with Crippen LogP contribution in [0.15, 0.2) is 72.5 Å². The van der Waals surface area contributed by atoms with Crippen molar-refractivity contribution >= 4 is 17.9 Å². The molecule has 0 unspecified atom stereocenters. The highest BCUT2D eigenvalue weighted by atomic mass is 16.3. The van der Waals surface area contributed by atoms with Crippen molar-refractivity contribution in [1.82, 2.24) is 0 Å². The minimum Gasteiger partial charge on any atom is -0.508 e. The Hall–Kier alpha value is -3.27. The lowest BCUT2D eigenvalue weighted by molar-refractivity contribution is -0.110. The molecule has 0 fully saturated rings. The minimum absolute atomic E-state index is 0.118. The maximum Gasteiger partial charge on any atom is 0.182 e. The molecule has 0 aliphatic rings. The zero-order valence-electron chi connectivity index (χ0n) is 12.3. The summed E-state index contributed by atoms with van der Waals surface area (Å²) in [4.78, 5) is 11.7. The standard InChI is InChI=1S/C19H16O4/c20-16-5-1-3-14(11-16)7-9-18(22)13-19(23)10-8-15-4-2-6-17(21)12-15/h1-13,20-22H/b9-7+,10-8+,18-13-. The maximum atomic E-state index is 11.7. The van der Waals surface area contributed by atoms with Gasteiger partial charge in [0.25, 0.3) is 0 Å². The Bertz CT molecular complexity index is 785. The molecular weight excluding hydrogens is 292 g/mol. The highest BCUT2D eigenvalue weighted by Crippen LogP contribution is 2.13. The Labute approximate surface area is 134 Å². The second-order valence-corrected chi connectivity index (χ2v) is 4.83. The lowest BCUT2D eigenvalue weighted by atomic mass is 10.1. The van der Waals surface area contributed by atoms with Crippen LogP contribution in [0.2, 0.25) is 0 Å². The van der Waals surface area contributed by atoms with Crippen LogP contribution in [0.3, 0.4) is 0 Å². The lowest BCUT2D eigenvalue weighted by Crippen LogP contribution is -1.88. The van der Waals surface area contributed by atoms with Gasteiger partial charge in [0.1, 0.15) is 17.3 Å². The van der Waals surface area contributed by atoms with Crippen molar-refractivity contribution < 1.29 is 20.1 Å². The Morgan fingerprint density at radius 1 is 0.826 bits per heavy atom. The van der Waals surface area contributed by atoms with Gasteiger partial charge >= 0.3 is 0 Å². The average molecular weight is 308 g/mol. The summed E-state index contributed by atoms with van der Waals surface area (Å²) in [6.07, 6.45) is 6.88. The fourth-order valence-electron chi connectivity index (χ4n) is 1.86. The molecule has 0 spiro atoms. The topological polar surface area (TPSA) is 77.8 Å². The molecule has 116 valence electrons. The number of phenolic OH excluding ortho intramolecular Hbond substituents is 2. The zero-order chi connectivity index (χ0) is 16.7. The number of carbonyl (C=O) groups excluding carboxylic acids is 1. The third-order valence-electron chi connectivity index (χ3n) is 2.92. The molecule has 0 atom stereocenters. The first-order valence-electron chi connectivity index (χ1n) is 6.92. The smallest absolute Gasteiger partial charge is 0.182 e. The van der Waals surface area contributed by atoms with Crippen molar-refractivity contribution in [2.24, 2.45) is 0 Å². The monoisotopic (exact) mass is 308 g/mol. The van der Waals surface area contributed by atoms with Crippen molar-refractivity contribution in [3.05, 3.63) is 83.6 Å². The molecule has 2 aromatic rings. The van der Waals surface area contributed by atoms with Gasteiger partial charge in [-0.2, -0.15) is 0 Å². The predicted molar refractivity (Wildman–Crippen MR) is 90.0 cm³/mol. The number of carbonyl (C=O) groups is 1. The molecule has 2 rings (SSSR count). The van der Waals surface area contributed by atoms with Crippen molar-refractivity contribution in [3.63, 3.8) is 0 Å². The molecule has 0 aliphatic carbocycles. The van der Waals surface area contributed by atoms with Crippen LogP contribution in [0.25, 0.3) is 12.2 Å². The van der Waals surface area contributed by atoms with E-state index >= 15 is 0 Å². The van der Waals surface area contributed by atoms with Crippen LogP contribution in [-0.2, 0) is 4.79 Å². The molecule has 0 aliphatic heterocycles. The average Bonchev–Trinajstić information content (AvgIpc) is 2.51. The van der Waals surface area contributed by atoms with Crippen LogP contribution in [0, 0.1) is 0 Å². The molecule has 23 heavy (non-hydrogen) atoms. The van der Waals surface area contributed by atoms with E-state index in [1.807, 2.05) is 0 Å². The van der Waals surface area contributed by atoms with E-state index in [9.17, 15) is 20.1 Å². The summed E-state index contributed by atoms with van der Waals surface area (Å²) in [5.41, 5.74) is 1.38. The van der Waals surface area contributed by atoms with Gasteiger partial charge < -0.3 is 15.3 Å². The van der Waals surface area contributed by atoms with Gasteiger partial charge in [0.2, 0.25) is 0 Å². The number of hydrogen-bond acceptors (Lipinski definition) is 4. The third kappa shape index (κ3) is 5.55. The van der Waals surface area contributed by atoms with Gasteiger partial charge in [-0.25, -0.2) is 0 Å². The molecule has 0 amide bonds. The van der Waals surface area contributed by atoms with Crippen LogP contribution in [0.5, 0.6) is 11.5 Å². The van der Waals surface area contributed by atoms with E-state index in [0.717, 1.165) is 6.08 Å². The molecule has 0 saturated carbocycles. The summed E-state index contributed by atoms with van der Waals surface area (Å²) in [5, 5.41) is 28.4. The molecule has 0 heterocycles. The van der Waals surface area contributed by atoms with E-state index in [1.54, 1.807) is 42.5 Å². The van der Waals surface area contributed by atoms with Crippen LogP contribution in [0.4, 0.5) is 0 Å². The van der Waals surface area contributed by atoms with E-state index in [1.165, 1.54) is 30.4 Å². The first-order valence-corrected chi connectivity index (χ1v) is 6.92. The summed E-state index contributed by atoms with van der Waals surface area (Å²) in [5.74, 6) is -0.335. The lowest BCUT2D eigenvalue weighted by Gasteiger charge is -1.95. The van der Waals surface area contributed by atoms with Crippen molar-refractivity contribution in [1.29, 1.82) is 0 Å². The number of rotatable bonds is 5. The van der Waals surface area contributed by atoms with Gasteiger partial charge in [-0.1, -0.05) is 36.4 Å². The number of ketones is 1. The van der Waals surface area contributed by atoms with Gasteiger partial charge in [-0.15, -0.1) is 0 Å². The van der Waals surface area contributed by atoms with E-state index in [4.69, 9.17) is 0 Å². The van der Waals surface area contributed by atoms with Gasteiger partial charge in [-0.05, 0) is 47.5 Å². The summed E-state index contributed by atoms with van der Waals surface area (Å²) in [6.45, 7) is 0. The first kappa shape index (κ1) is 16.1. The molecule has 0 aromatic heterocycles. The number of benzene rings is 2. The number of hydrogen-bond donors (Lipinski definition) is 3. The molecule has 0 radical (unpaired) electrons. The minimum atomic E-state index is -0.383. The number of aromatic hydroxyl groups is 2. The molecule has 4 nitrogen and oxygen atoms in total. The molecule has 3 N–H and O–H groups in total. The van der Waals surface area contributed by atoms with Gasteiger partial charge in [0.05, 0.1) is 0 Å². The summed E-state index contributed by atoms with van der Waals surface area (Å²) in [7, 11) is 0. The van der Waals surface area contributed by atoms with Crippen LogP contribution >= 0.6 is 0 Å². The predicted octanol–water partition coefficient (Wildman–Crippen LogP) is 3.84. The van der Waals surface area contributed by atoms with Crippen molar-refractivity contribution in [2.75, 3.05) is 0 Å². The molecule has 0 bridgehead atoms. The molecular formula is C19H16O4. The Morgan fingerprint density at radius 2 is 1.35 bits per heavy atom. The largest absolute Gasteiger partial charge is 0.508 e. The number of aliphatic hydroxyl groups is 1. The zero-order valence-corrected chi connectivity index (χ0v) is 12.3. The van der Waals surface area contributed by atoms with Crippen LogP contribution in [0.1, 0.15) is 11.1 Å².